The number of hydrogen-bond acceptors (Lipinski definition) is 4. The number of nitrogens with zero attached hydrogens (tertiary/aromatic N) is 1. The van der Waals surface area contributed by atoms with Gasteiger partial charge >= 0.3 is 6.09 Å². The van der Waals surface area contributed by atoms with Gasteiger partial charge in [-0.2, -0.15) is 0 Å². The summed E-state index contributed by atoms with van der Waals surface area (Å²) >= 11 is 0. The molecule has 0 radical (unpaired) electrons. The molecule has 5 heteroatoms. The van der Waals surface area contributed by atoms with Crippen molar-refractivity contribution in [2.24, 2.45) is 5.92 Å². The molecule has 1 aliphatic rings. The van der Waals surface area contributed by atoms with Gasteiger partial charge in [0.05, 0.1) is 11.9 Å². The summed E-state index contributed by atoms with van der Waals surface area (Å²) in [7, 11) is 0. The number of rotatable bonds is 5. The summed E-state index contributed by atoms with van der Waals surface area (Å²) in [6.45, 7) is 6.48. The summed E-state index contributed by atoms with van der Waals surface area (Å²) in [6.07, 6.45) is 9.40. The summed E-state index contributed by atoms with van der Waals surface area (Å²) in [4.78, 5) is 15.9. The molecule has 0 atom stereocenters. The Kier molecular flexibility index (Phi) is 6.25. The van der Waals surface area contributed by atoms with Crippen molar-refractivity contribution in [3.8, 4) is 0 Å². The molecule has 0 unspecified atom stereocenters. The molecular weight excluding hydrogens is 290 g/mol. The number of pyridine rings is 1. The average Bonchev–Trinajstić information content (AvgIpc) is 2.48. The average molecular weight is 319 g/mol. The van der Waals surface area contributed by atoms with Crippen molar-refractivity contribution < 1.29 is 9.53 Å². The summed E-state index contributed by atoms with van der Waals surface area (Å²) in [5.74, 6) is 1.37. The predicted octanol–water partition coefficient (Wildman–Crippen LogP) is 4.81. The van der Waals surface area contributed by atoms with Crippen molar-refractivity contribution in [3.05, 3.63) is 18.3 Å². The molecule has 0 saturated heterocycles. The normalized spacial score (nSPS) is 16.0. The molecule has 0 aliphatic heterocycles. The lowest BCUT2D eigenvalue weighted by Gasteiger charge is -2.21. The van der Waals surface area contributed by atoms with E-state index in [2.05, 4.69) is 15.6 Å². The zero-order valence-electron chi connectivity index (χ0n) is 14.5. The van der Waals surface area contributed by atoms with Crippen LogP contribution < -0.4 is 10.6 Å². The molecular formula is C18H29N3O2. The molecule has 0 aromatic carbocycles. The van der Waals surface area contributed by atoms with Crippen LogP contribution in [-0.4, -0.2) is 23.2 Å². The van der Waals surface area contributed by atoms with Crippen LogP contribution >= 0.6 is 0 Å². The van der Waals surface area contributed by atoms with Crippen LogP contribution in [0, 0.1) is 5.92 Å². The molecule has 1 heterocycles. The molecule has 1 amide bonds. The first-order valence-corrected chi connectivity index (χ1v) is 8.62. The Labute approximate surface area is 139 Å². The van der Waals surface area contributed by atoms with Gasteiger partial charge in [-0.3, -0.25) is 5.32 Å². The van der Waals surface area contributed by atoms with Crippen LogP contribution in [0.5, 0.6) is 0 Å². The molecule has 2 rings (SSSR count). The summed E-state index contributed by atoms with van der Waals surface area (Å²) in [5, 5.41) is 6.04. The van der Waals surface area contributed by atoms with Crippen molar-refractivity contribution in [2.45, 2.75) is 64.9 Å². The standard InChI is InChI=1S/C18H29N3O2/c1-18(2,3)23-17(22)21-16-10-9-15(13-20-16)19-12-11-14-7-5-4-6-8-14/h9-10,13-14,19H,4-8,11-12H2,1-3H3,(H,20,21,22). The minimum atomic E-state index is -0.509. The van der Waals surface area contributed by atoms with E-state index in [-0.39, 0.29) is 0 Å². The molecule has 1 saturated carbocycles. The van der Waals surface area contributed by atoms with E-state index in [1.807, 2.05) is 26.8 Å². The van der Waals surface area contributed by atoms with E-state index in [0.29, 0.717) is 5.82 Å². The fourth-order valence-electron chi connectivity index (χ4n) is 2.88. The van der Waals surface area contributed by atoms with E-state index in [0.717, 1.165) is 18.2 Å². The minimum Gasteiger partial charge on any atom is -0.444 e. The smallest absolute Gasteiger partial charge is 0.413 e. The third-order valence-corrected chi connectivity index (χ3v) is 4.00. The molecule has 1 aliphatic carbocycles. The predicted molar refractivity (Wildman–Crippen MR) is 93.8 cm³/mol. The van der Waals surface area contributed by atoms with Crippen LogP contribution in [0.15, 0.2) is 18.3 Å². The van der Waals surface area contributed by atoms with E-state index in [1.165, 1.54) is 38.5 Å². The lowest BCUT2D eigenvalue weighted by Crippen LogP contribution is -2.27. The first kappa shape index (κ1) is 17.6. The van der Waals surface area contributed by atoms with E-state index in [9.17, 15) is 4.79 Å². The highest BCUT2D eigenvalue weighted by atomic mass is 16.6. The largest absolute Gasteiger partial charge is 0.444 e. The maximum absolute atomic E-state index is 11.7. The lowest BCUT2D eigenvalue weighted by atomic mass is 9.87. The van der Waals surface area contributed by atoms with E-state index >= 15 is 0 Å². The summed E-state index contributed by atoms with van der Waals surface area (Å²) in [6, 6.07) is 3.72. The quantitative estimate of drug-likeness (QED) is 0.817. The van der Waals surface area contributed by atoms with Crippen molar-refractivity contribution in [1.29, 1.82) is 0 Å². The molecule has 23 heavy (non-hydrogen) atoms. The van der Waals surface area contributed by atoms with Crippen LogP contribution in [0.1, 0.15) is 59.3 Å². The van der Waals surface area contributed by atoms with Gasteiger partial charge in [0.15, 0.2) is 0 Å². The topological polar surface area (TPSA) is 63.2 Å². The molecule has 0 bridgehead atoms. The second-order valence-corrected chi connectivity index (χ2v) is 7.28. The molecule has 0 spiro atoms. The van der Waals surface area contributed by atoms with Crippen molar-refractivity contribution in [1.82, 2.24) is 4.98 Å². The van der Waals surface area contributed by atoms with E-state index in [1.54, 1.807) is 12.3 Å². The highest BCUT2D eigenvalue weighted by molar-refractivity contribution is 5.83. The van der Waals surface area contributed by atoms with Gasteiger partial charge in [-0.1, -0.05) is 32.1 Å². The molecule has 1 fully saturated rings. The fourth-order valence-corrected chi connectivity index (χ4v) is 2.88. The maximum Gasteiger partial charge on any atom is 0.413 e. The van der Waals surface area contributed by atoms with Gasteiger partial charge in [0.1, 0.15) is 11.4 Å². The van der Waals surface area contributed by atoms with Crippen LogP contribution in [0.4, 0.5) is 16.3 Å². The second kappa shape index (κ2) is 8.18. The van der Waals surface area contributed by atoms with Crippen LogP contribution in [0.25, 0.3) is 0 Å². The van der Waals surface area contributed by atoms with Gasteiger partial charge in [-0.15, -0.1) is 0 Å². The first-order valence-electron chi connectivity index (χ1n) is 8.62. The van der Waals surface area contributed by atoms with Gasteiger partial charge in [0.2, 0.25) is 0 Å². The number of nitrogens with one attached hydrogen (secondary N) is 2. The molecule has 5 nitrogen and oxygen atoms in total. The summed E-state index contributed by atoms with van der Waals surface area (Å²) in [5.41, 5.74) is 0.473. The van der Waals surface area contributed by atoms with E-state index < -0.39 is 11.7 Å². The minimum absolute atomic E-state index is 0.483. The van der Waals surface area contributed by atoms with Gasteiger partial charge < -0.3 is 10.1 Å². The number of ether oxygens (including phenoxy) is 1. The van der Waals surface area contributed by atoms with Crippen molar-refractivity contribution >= 4 is 17.6 Å². The highest BCUT2D eigenvalue weighted by Gasteiger charge is 2.16. The number of hydrogen-bond donors (Lipinski definition) is 2. The van der Waals surface area contributed by atoms with Gasteiger partial charge in [-0.05, 0) is 45.2 Å². The Morgan fingerprint density at radius 1 is 1.26 bits per heavy atom. The fraction of sp³-hybridized carbons (Fsp3) is 0.667. The molecule has 2 N–H and O–H groups in total. The monoisotopic (exact) mass is 319 g/mol. The Balaban J connectivity index is 1.72. The zero-order valence-corrected chi connectivity index (χ0v) is 14.5. The molecule has 128 valence electrons. The SMILES string of the molecule is CC(C)(C)OC(=O)Nc1ccc(NCCC2CCCCC2)cn1. The molecule has 1 aromatic rings. The second-order valence-electron chi connectivity index (χ2n) is 7.28. The van der Waals surface area contributed by atoms with Crippen molar-refractivity contribution in [3.63, 3.8) is 0 Å². The first-order chi connectivity index (χ1) is 10.9. The van der Waals surface area contributed by atoms with E-state index in [4.69, 9.17) is 4.74 Å². The third-order valence-electron chi connectivity index (χ3n) is 4.00. The lowest BCUT2D eigenvalue weighted by molar-refractivity contribution is 0.0635. The number of carbonyl (C=O) groups is 1. The number of aromatic nitrogens is 1. The third kappa shape index (κ3) is 6.89. The number of anilines is 2. The van der Waals surface area contributed by atoms with Gasteiger partial charge in [-0.25, -0.2) is 9.78 Å². The number of carbonyl (C=O) groups excluding carboxylic acids is 1. The van der Waals surface area contributed by atoms with Gasteiger partial charge in [0.25, 0.3) is 0 Å². The highest BCUT2D eigenvalue weighted by Crippen LogP contribution is 2.26. The zero-order chi connectivity index (χ0) is 16.7. The Bertz CT molecular complexity index is 488. The Morgan fingerprint density at radius 2 is 2.00 bits per heavy atom. The maximum atomic E-state index is 11.7. The van der Waals surface area contributed by atoms with Gasteiger partial charge in [0, 0.05) is 6.54 Å². The van der Waals surface area contributed by atoms with Crippen molar-refractivity contribution in [2.75, 3.05) is 17.2 Å². The Morgan fingerprint density at radius 3 is 2.61 bits per heavy atom. The molecule has 1 aromatic heterocycles. The van der Waals surface area contributed by atoms with Crippen LogP contribution in [-0.2, 0) is 4.74 Å². The summed E-state index contributed by atoms with van der Waals surface area (Å²) < 4.78 is 5.20. The Hall–Kier alpha value is -1.78. The number of amides is 1. The van der Waals surface area contributed by atoms with Crippen LogP contribution in [0.2, 0.25) is 0 Å². The van der Waals surface area contributed by atoms with Crippen LogP contribution in [0.3, 0.4) is 0 Å².